The molecule has 2 rings (SSSR count). The van der Waals surface area contributed by atoms with E-state index in [0.29, 0.717) is 12.8 Å². The lowest BCUT2D eigenvalue weighted by molar-refractivity contribution is -0.00329. The summed E-state index contributed by atoms with van der Waals surface area (Å²) in [5, 5.41) is 27.7. The Bertz CT molecular complexity index is 361. The number of likely N-dealkylation sites (tertiary alicyclic amines) is 1. The van der Waals surface area contributed by atoms with E-state index in [0.717, 1.165) is 0 Å². The first-order valence-corrected chi connectivity index (χ1v) is 6.09. The highest BCUT2D eigenvalue weighted by molar-refractivity contribution is 5.70. The molecule has 0 aromatic rings. The van der Waals surface area contributed by atoms with Gasteiger partial charge in [-0.05, 0) is 12.8 Å². The van der Waals surface area contributed by atoms with Gasteiger partial charge in [0.15, 0.2) is 0 Å². The minimum absolute atomic E-state index is 0.150. The number of aliphatic hydroxyl groups excluding tert-OH is 1. The summed E-state index contributed by atoms with van der Waals surface area (Å²) < 4.78 is 0. The van der Waals surface area contributed by atoms with E-state index in [-0.39, 0.29) is 31.2 Å². The van der Waals surface area contributed by atoms with Crippen LogP contribution in [0.25, 0.3) is 0 Å². The molecule has 2 bridgehead atoms. The Hall–Kier alpha value is -1.50. The second-order valence-electron chi connectivity index (χ2n) is 5.07. The number of rotatable bonds is 2. The lowest BCUT2D eigenvalue weighted by atomic mass is 9.91. The maximum atomic E-state index is 11.3. The molecule has 4 atom stereocenters. The molecule has 2 heterocycles. The molecule has 0 aromatic heterocycles. The van der Waals surface area contributed by atoms with Gasteiger partial charge in [-0.15, -0.1) is 0 Å². The Morgan fingerprint density at radius 1 is 1.28 bits per heavy atom. The molecule has 102 valence electrons. The summed E-state index contributed by atoms with van der Waals surface area (Å²) in [6, 6.07) is -1.03. The number of carbonyl (C=O) groups is 2. The molecular formula is C11H18N2O5. The largest absolute Gasteiger partial charge is 0.465 e. The lowest BCUT2D eigenvalue weighted by Gasteiger charge is -2.46. The van der Waals surface area contributed by atoms with Crippen molar-refractivity contribution in [2.75, 3.05) is 13.2 Å². The molecule has 7 nitrogen and oxygen atoms in total. The lowest BCUT2D eigenvalue weighted by Crippen LogP contribution is -2.64. The number of hydrogen-bond acceptors (Lipinski definition) is 3. The molecule has 18 heavy (non-hydrogen) atoms. The first kappa shape index (κ1) is 12.9. The summed E-state index contributed by atoms with van der Waals surface area (Å²) in [5.74, 6) is -0.271. The van der Waals surface area contributed by atoms with Gasteiger partial charge in [0.2, 0.25) is 0 Å². The van der Waals surface area contributed by atoms with Gasteiger partial charge in [-0.3, -0.25) is 4.90 Å². The highest BCUT2D eigenvalue weighted by atomic mass is 16.4. The fourth-order valence-corrected chi connectivity index (χ4v) is 3.28. The van der Waals surface area contributed by atoms with Crippen LogP contribution in [-0.2, 0) is 0 Å². The fourth-order valence-electron chi connectivity index (χ4n) is 3.28. The van der Waals surface area contributed by atoms with E-state index in [2.05, 4.69) is 0 Å². The SMILES string of the molecule is CC(CO)[C@H]1[C@@H]2CC[C@H](CN1C(=O)O)N2C(=O)O. The number of aliphatic hydroxyl groups is 1. The smallest absolute Gasteiger partial charge is 0.407 e. The van der Waals surface area contributed by atoms with E-state index >= 15 is 0 Å². The maximum absolute atomic E-state index is 11.3. The summed E-state index contributed by atoms with van der Waals surface area (Å²) in [5.41, 5.74) is 0. The summed E-state index contributed by atoms with van der Waals surface area (Å²) >= 11 is 0. The van der Waals surface area contributed by atoms with E-state index in [1.807, 2.05) is 0 Å². The number of hydrogen-bond donors (Lipinski definition) is 3. The van der Waals surface area contributed by atoms with Crippen LogP contribution in [0.2, 0.25) is 0 Å². The third kappa shape index (κ3) is 1.88. The summed E-state index contributed by atoms with van der Waals surface area (Å²) in [7, 11) is 0. The van der Waals surface area contributed by atoms with E-state index in [4.69, 9.17) is 0 Å². The minimum atomic E-state index is -1.04. The molecule has 2 saturated heterocycles. The molecule has 0 saturated carbocycles. The second kappa shape index (κ2) is 4.64. The quantitative estimate of drug-likeness (QED) is 0.669. The molecule has 2 fully saturated rings. The Morgan fingerprint density at radius 2 is 1.94 bits per heavy atom. The van der Waals surface area contributed by atoms with Crippen LogP contribution in [0.5, 0.6) is 0 Å². The van der Waals surface area contributed by atoms with Crippen molar-refractivity contribution < 1.29 is 24.9 Å². The first-order chi connectivity index (χ1) is 8.47. The summed E-state index contributed by atoms with van der Waals surface area (Å²) in [6.45, 7) is 1.80. The zero-order chi connectivity index (χ0) is 13.4. The Balaban J connectivity index is 2.30. The zero-order valence-electron chi connectivity index (χ0n) is 10.2. The molecule has 0 aromatic carbocycles. The average Bonchev–Trinajstić information content (AvgIpc) is 2.63. The number of amides is 2. The standard InChI is InChI=1S/C11H18N2O5/c1-6(5-14)9-8-3-2-7(13(8)11(17)18)4-12(9)10(15)16/h6-9,14H,2-5H2,1H3,(H,15,16)(H,17,18)/t6?,7-,8+,9+/m1/s1. The molecule has 2 aliphatic rings. The van der Waals surface area contributed by atoms with Crippen molar-refractivity contribution in [1.82, 2.24) is 9.80 Å². The number of fused-ring (bicyclic) bond motifs is 2. The van der Waals surface area contributed by atoms with Crippen LogP contribution in [0.4, 0.5) is 9.59 Å². The van der Waals surface area contributed by atoms with Gasteiger partial charge in [0.05, 0.1) is 18.1 Å². The van der Waals surface area contributed by atoms with Crippen LogP contribution in [0.15, 0.2) is 0 Å². The molecule has 2 aliphatic heterocycles. The predicted octanol–water partition coefficient (Wildman–Crippen LogP) is 0.488. The van der Waals surface area contributed by atoms with Gasteiger partial charge in [-0.2, -0.15) is 0 Å². The fraction of sp³-hybridized carbons (Fsp3) is 0.818. The van der Waals surface area contributed by atoms with E-state index in [9.17, 15) is 24.9 Å². The van der Waals surface area contributed by atoms with Crippen molar-refractivity contribution in [2.24, 2.45) is 5.92 Å². The van der Waals surface area contributed by atoms with Crippen molar-refractivity contribution in [3.05, 3.63) is 0 Å². The molecule has 3 N–H and O–H groups in total. The minimum Gasteiger partial charge on any atom is -0.465 e. The van der Waals surface area contributed by atoms with E-state index in [1.54, 1.807) is 6.92 Å². The first-order valence-electron chi connectivity index (χ1n) is 6.09. The van der Waals surface area contributed by atoms with Gasteiger partial charge in [-0.25, -0.2) is 9.59 Å². The van der Waals surface area contributed by atoms with Crippen LogP contribution >= 0.6 is 0 Å². The molecule has 1 unspecified atom stereocenters. The zero-order valence-corrected chi connectivity index (χ0v) is 10.2. The van der Waals surface area contributed by atoms with Gasteiger partial charge in [0.25, 0.3) is 0 Å². The van der Waals surface area contributed by atoms with Gasteiger partial charge in [0, 0.05) is 19.1 Å². The highest BCUT2D eigenvalue weighted by Crippen LogP contribution is 2.37. The third-order valence-corrected chi connectivity index (χ3v) is 4.05. The number of nitrogens with zero attached hydrogens (tertiary/aromatic N) is 2. The number of carboxylic acid groups (broad SMARTS) is 2. The van der Waals surface area contributed by atoms with Gasteiger partial charge < -0.3 is 20.2 Å². The topological polar surface area (TPSA) is 101 Å². The van der Waals surface area contributed by atoms with Crippen LogP contribution in [0, 0.1) is 5.92 Å². The maximum Gasteiger partial charge on any atom is 0.407 e. The van der Waals surface area contributed by atoms with Crippen LogP contribution in [-0.4, -0.2) is 68.6 Å². The van der Waals surface area contributed by atoms with Gasteiger partial charge >= 0.3 is 12.2 Å². The Morgan fingerprint density at radius 3 is 2.44 bits per heavy atom. The van der Waals surface area contributed by atoms with Crippen molar-refractivity contribution >= 4 is 12.2 Å². The van der Waals surface area contributed by atoms with Gasteiger partial charge in [0.1, 0.15) is 0 Å². The van der Waals surface area contributed by atoms with Gasteiger partial charge in [-0.1, -0.05) is 6.92 Å². The van der Waals surface area contributed by atoms with Crippen molar-refractivity contribution in [2.45, 2.75) is 37.9 Å². The van der Waals surface area contributed by atoms with Crippen molar-refractivity contribution in [3.8, 4) is 0 Å². The normalized spacial score (nSPS) is 32.4. The number of piperazine rings is 1. The summed E-state index contributed by atoms with van der Waals surface area (Å²) in [4.78, 5) is 25.2. The van der Waals surface area contributed by atoms with E-state index < -0.39 is 18.2 Å². The molecule has 7 heteroatoms. The monoisotopic (exact) mass is 258 g/mol. The molecule has 2 amide bonds. The summed E-state index contributed by atoms with van der Waals surface area (Å²) in [6.07, 6.45) is -0.685. The molecule has 0 aliphatic carbocycles. The van der Waals surface area contributed by atoms with Crippen LogP contribution in [0.3, 0.4) is 0 Å². The average molecular weight is 258 g/mol. The Labute approximate surface area is 105 Å². The molecular weight excluding hydrogens is 240 g/mol. The molecule has 0 radical (unpaired) electrons. The molecule has 0 spiro atoms. The Kier molecular flexibility index (Phi) is 3.34. The second-order valence-corrected chi connectivity index (χ2v) is 5.07. The van der Waals surface area contributed by atoms with Crippen LogP contribution in [0.1, 0.15) is 19.8 Å². The predicted molar refractivity (Wildman–Crippen MR) is 61.4 cm³/mol. The highest BCUT2D eigenvalue weighted by Gasteiger charge is 2.51. The van der Waals surface area contributed by atoms with Crippen LogP contribution < -0.4 is 0 Å². The van der Waals surface area contributed by atoms with Crippen molar-refractivity contribution in [1.29, 1.82) is 0 Å². The third-order valence-electron chi connectivity index (χ3n) is 4.05. The van der Waals surface area contributed by atoms with Crippen molar-refractivity contribution in [3.63, 3.8) is 0 Å². The van der Waals surface area contributed by atoms with E-state index in [1.165, 1.54) is 9.80 Å².